The molecule has 1 atom stereocenters. The van der Waals surface area contributed by atoms with Crippen molar-refractivity contribution in [2.24, 2.45) is 0 Å². The second-order valence-corrected chi connectivity index (χ2v) is 6.45. The number of likely N-dealkylation sites (tertiary alicyclic amines) is 1. The Morgan fingerprint density at radius 1 is 1.22 bits per heavy atom. The van der Waals surface area contributed by atoms with Crippen LogP contribution in [0.15, 0.2) is 18.2 Å². The lowest BCUT2D eigenvalue weighted by Crippen LogP contribution is -2.42. The topological polar surface area (TPSA) is 53.0 Å². The lowest BCUT2D eigenvalue weighted by Gasteiger charge is -2.31. The van der Waals surface area contributed by atoms with Gasteiger partial charge in [-0.3, -0.25) is 9.69 Å². The predicted molar refractivity (Wildman–Crippen MR) is 88.4 cm³/mol. The lowest BCUT2D eigenvalue weighted by atomic mass is 9.99. The van der Waals surface area contributed by atoms with Gasteiger partial charge in [0.15, 0.2) is 0 Å². The number of aliphatic hydroxyl groups is 1. The Bertz CT molecular complexity index is 561. The van der Waals surface area contributed by atoms with Crippen LogP contribution in [0, 0.1) is 0 Å². The molecule has 126 valence electrons. The van der Waals surface area contributed by atoms with Gasteiger partial charge in [0, 0.05) is 39.1 Å². The number of fused-ring (bicyclic) bond motifs is 1. The average molecular weight is 318 g/mol. The van der Waals surface area contributed by atoms with Crippen molar-refractivity contribution in [3.8, 4) is 5.75 Å². The second kappa shape index (κ2) is 7.32. The average Bonchev–Trinajstić information content (AvgIpc) is 2.92. The standard InChI is InChI=1S/C18H26N2O3/c1-2-23-17-6-5-14-7-9-19(11-15(14)10-17)12-16(21)13-20-8-3-4-18(20)22/h5-6,10,16,21H,2-4,7-9,11-13H2,1H3. The largest absolute Gasteiger partial charge is 0.494 e. The third-order valence-electron chi connectivity index (χ3n) is 4.65. The van der Waals surface area contributed by atoms with Crippen molar-refractivity contribution in [2.75, 3.05) is 32.8 Å². The Morgan fingerprint density at radius 2 is 2.09 bits per heavy atom. The van der Waals surface area contributed by atoms with E-state index in [1.54, 1.807) is 4.90 Å². The van der Waals surface area contributed by atoms with Gasteiger partial charge in [0.05, 0.1) is 12.7 Å². The zero-order valence-corrected chi connectivity index (χ0v) is 13.8. The fourth-order valence-corrected chi connectivity index (χ4v) is 3.51. The fraction of sp³-hybridized carbons (Fsp3) is 0.611. The molecule has 2 aliphatic heterocycles. The van der Waals surface area contributed by atoms with Gasteiger partial charge in [-0.15, -0.1) is 0 Å². The minimum absolute atomic E-state index is 0.175. The van der Waals surface area contributed by atoms with Crippen LogP contribution in [-0.4, -0.2) is 59.7 Å². The smallest absolute Gasteiger partial charge is 0.222 e. The molecule has 2 heterocycles. The van der Waals surface area contributed by atoms with E-state index in [0.29, 0.717) is 26.1 Å². The lowest BCUT2D eigenvalue weighted by molar-refractivity contribution is -0.129. The van der Waals surface area contributed by atoms with E-state index in [0.717, 1.165) is 38.2 Å². The zero-order chi connectivity index (χ0) is 16.2. The summed E-state index contributed by atoms with van der Waals surface area (Å²) in [5.74, 6) is 1.09. The molecule has 0 radical (unpaired) electrons. The third-order valence-corrected chi connectivity index (χ3v) is 4.65. The van der Waals surface area contributed by atoms with E-state index in [-0.39, 0.29) is 5.91 Å². The maximum absolute atomic E-state index is 11.7. The summed E-state index contributed by atoms with van der Waals surface area (Å²) >= 11 is 0. The van der Waals surface area contributed by atoms with Gasteiger partial charge in [0.2, 0.25) is 5.91 Å². The van der Waals surface area contributed by atoms with Crippen molar-refractivity contribution in [1.82, 2.24) is 9.80 Å². The molecule has 0 spiro atoms. The zero-order valence-electron chi connectivity index (χ0n) is 13.8. The molecule has 1 amide bonds. The van der Waals surface area contributed by atoms with E-state index in [4.69, 9.17) is 4.74 Å². The first-order valence-electron chi connectivity index (χ1n) is 8.58. The Morgan fingerprint density at radius 3 is 2.83 bits per heavy atom. The summed E-state index contributed by atoms with van der Waals surface area (Å²) in [7, 11) is 0. The number of amides is 1. The molecule has 0 bridgehead atoms. The number of aliphatic hydroxyl groups excluding tert-OH is 1. The summed E-state index contributed by atoms with van der Waals surface area (Å²) in [6.45, 7) is 6.31. The van der Waals surface area contributed by atoms with Crippen molar-refractivity contribution in [3.05, 3.63) is 29.3 Å². The van der Waals surface area contributed by atoms with Gasteiger partial charge in [0.25, 0.3) is 0 Å². The number of rotatable bonds is 6. The Labute approximate surface area is 137 Å². The molecule has 0 aliphatic carbocycles. The van der Waals surface area contributed by atoms with Gasteiger partial charge in [-0.2, -0.15) is 0 Å². The van der Waals surface area contributed by atoms with E-state index in [2.05, 4.69) is 17.0 Å². The van der Waals surface area contributed by atoms with E-state index < -0.39 is 6.10 Å². The highest BCUT2D eigenvalue weighted by atomic mass is 16.5. The summed E-state index contributed by atoms with van der Waals surface area (Å²) < 4.78 is 5.58. The second-order valence-electron chi connectivity index (χ2n) is 6.45. The molecule has 1 N–H and O–H groups in total. The SMILES string of the molecule is CCOc1ccc2c(c1)CN(CC(O)CN1CCCC1=O)CC2. The number of hydrogen-bond donors (Lipinski definition) is 1. The first-order valence-corrected chi connectivity index (χ1v) is 8.58. The highest BCUT2D eigenvalue weighted by Crippen LogP contribution is 2.24. The predicted octanol–water partition coefficient (Wildman–Crippen LogP) is 1.43. The number of hydrogen-bond acceptors (Lipinski definition) is 4. The van der Waals surface area contributed by atoms with Gasteiger partial charge in [-0.1, -0.05) is 6.07 Å². The first-order chi connectivity index (χ1) is 11.2. The van der Waals surface area contributed by atoms with E-state index >= 15 is 0 Å². The molecule has 23 heavy (non-hydrogen) atoms. The Hall–Kier alpha value is -1.59. The molecule has 1 unspecified atom stereocenters. The third kappa shape index (κ3) is 4.03. The summed E-state index contributed by atoms with van der Waals surface area (Å²) in [6.07, 6.45) is 2.07. The first kappa shape index (κ1) is 16.3. The van der Waals surface area contributed by atoms with Crippen LogP contribution in [0.1, 0.15) is 30.9 Å². The molecule has 1 fully saturated rings. The van der Waals surface area contributed by atoms with Gasteiger partial charge in [0.1, 0.15) is 5.75 Å². The van der Waals surface area contributed by atoms with Crippen LogP contribution in [0.4, 0.5) is 0 Å². The molecular weight excluding hydrogens is 292 g/mol. The van der Waals surface area contributed by atoms with E-state index in [1.165, 1.54) is 11.1 Å². The van der Waals surface area contributed by atoms with Crippen molar-refractivity contribution in [1.29, 1.82) is 0 Å². The van der Waals surface area contributed by atoms with E-state index in [1.807, 2.05) is 13.0 Å². The highest BCUT2D eigenvalue weighted by molar-refractivity contribution is 5.78. The van der Waals surface area contributed by atoms with Crippen LogP contribution < -0.4 is 4.74 Å². The molecule has 5 heteroatoms. The number of benzene rings is 1. The molecule has 3 rings (SSSR count). The quantitative estimate of drug-likeness (QED) is 0.862. The highest BCUT2D eigenvalue weighted by Gasteiger charge is 2.25. The Balaban J connectivity index is 1.56. The summed E-state index contributed by atoms with van der Waals surface area (Å²) in [5, 5.41) is 10.3. The summed E-state index contributed by atoms with van der Waals surface area (Å²) in [6, 6.07) is 6.30. The molecule has 1 saturated heterocycles. The molecule has 2 aliphatic rings. The van der Waals surface area contributed by atoms with Gasteiger partial charge < -0.3 is 14.7 Å². The summed E-state index contributed by atoms with van der Waals surface area (Å²) in [5.41, 5.74) is 2.65. The minimum Gasteiger partial charge on any atom is -0.494 e. The van der Waals surface area contributed by atoms with Crippen LogP contribution in [0.5, 0.6) is 5.75 Å². The molecule has 0 aromatic heterocycles. The number of ether oxygens (including phenoxy) is 1. The van der Waals surface area contributed by atoms with Gasteiger partial charge >= 0.3 is 0 Å². The normalized spacial score (nSPS) is 19.7. The van der Waals surface area contributed by atoms with Crippen molar-refractivity contribution in [3.63, 3.8) is 0 Å². The summed E-state index contributed by atoms with van der Waals surface area (Å²) in [4.78, 5) is 15.7. The van der Waals surface area contributed by atoms with Crippen LogP contribution >= 0.6 is 0 Å². The van der Waals surface area contributed by atoms with Gasteiger partial charge in [-0.05, 0) is 43.0 Å². The number of β-amino-alcohol motifs (C(OH)–C–C–N with tert-alkyl or cyclic N) is 1. The van der Waals surface area contributed by atoms with Crippen LogP contribution in [0.25, 0.3) is 0 Å². The van der Waals surface area contributed by atoms with Crippen LogP contribution in [0.3, 0.4) is 0 Å². The maximum atomic E-state index is 11.7. The fourth-order valence-electron chi connectivity index (χ4n) is 3.51. The van der Waals surface area contributed by atoms with Crippen LogP contribution in [-0.2, 0) is 17.8 Å². The monoisotopic (exact) mass is 318 g/mol. The Kier molecular flexibility index (Phi) is 5.18. The molecular formula is C18H26N2O3. The molecule has 1 aromatic rings. The number of carbonyl (C=O) groups excluding carboxylic acids is 1. The van der Waals surface area contributed by atoms with Gasteiger partial charge in [-0.25, -0.2) is 0 Å². The number of carbonyl (C=O) groups is 1. The molecule has 5 nitrogen and oxygen atoms in total. The van der Waals surface area contributed by atoms with Crippen molar-refractivity contribution in [2.45, 2.75) is 38.8 Å². The van der Waals surface area contributed by atoms with Crippen molar-refractivity contribution < 1.29 is 14.6 Å². The van der Waals surface area contributed by atoms with Crippen LogP contribution in [0.2, 0.25) is 0 Å². The van der Waals surface area contributed by atoms with Crippen molar-refractivity contribution >= 4 is 5.91 Å². The maximum Gasteiger partial charge on any atom is 0.222 e. The number of nitrogens with zero attached hydrogens (tertiary/aromatic N) is 2. The minimum atomic E-state index is -0.478. The van der Waals surface area contributed by atoms with E-state index in [9.17, 15) is 9.90 Å². The molecule has 0 saturated carbocycles. The molecule has 1 aromatic carbocycles.